The van der Waals surface area contributed by atoms with E-state index >= 15 is 0 Å². The number of furan rings is 1. The number of nitrogens with one attached hydrogen (secondary N) is 1. The van der Waals surface area contributed by atoms with Crippen molar-refractivity contribution in [2.45, 2.75) is 24.1 Å². The molecule has 2 aromatic carbocycles. The molecule has 0 aliphatic heterocycles. The second-order valence-corrected chi connectivity index (χ2v) is 7.38. The second kappa shape index (κ2) is 9.32. The van der Waals surface area contributed by atoms with E-state index in [1.54, 1.807) is 12.1 Å². The molecule has 5 nitrogen and oxygen atoms in total. The molecule has 0 fully saturated rings. The molecule has 0 saturated heterocycles. The normalized spacial score (nSPS) is 11.8. The van der Waals surface area contributed by atoms with E-state index in [1.165, 1.54) is 24.3 Å². The SMILES string of the molecule is CCOc1ccccc1CNC(=O)c1ccc(C[S@@](=O)c2ccc(F)cc2)o1. The van der Waals surface area contributed by atoms with Crippen LogP contribution in [0, 0.1) is 5.82 Å². The molecule has 1 aromatic heterocycles. The van der Waals surface area contributed by atoms with Crippen molar-refractivity contribution in [3.05, 3.63) is 83.6 Å². The van der Waals surface area contributed by atoms with Crippen LogP contribution in [0.5, 0.6) is 5.75 Å². The highest BCUT2D eigenvalue weighted by atomic mass is 32.2. The minimum Gasteiger partial charge on any atom is -0.494 e. The number of carbonyl (C=O) groups is 1. The van der Waals surface area contributed by atoms with Gasteiger partial charge in [-0.3, -0.25) is 9.00 Å². The summed E-state index contributed by atoms with van der Waals surface area (Å²) in [6, 6.07) is 16.1. The molecule has 1 N–H and O–H groups in total. The molecule has 1 amide bonds. The third-order valence-electron chi connectivity index (χ3n) is 3.95. The third-order valence-corrected chi connectivity index (χ3v) is 5.29. The standard InChI is InChI=1S/C21H20FNO4S/c1-2-26-19-6-4-3-5-15(19)13-23-21(24)20-12-9-17(27-20)14-28(25)18-10-7-16(22)8-11-18/h3-12H,2,13-14H2,1H3,(H,23,24)/t28-/m1/s1. The summed E-state index contributed by atoms with van der Waals surface area (Å²) in [5.41, 5.74) is 0.863. The highest BCUT2D eigenvalue weighted by molar-refractivity contribution is 7.84. The van der Waals surface area contributed by atoms with E-state index in [9.17, 15) is 13.4 Å². The Morgan fingerprint density at radius 3 is 2.61 bits per heavy atom. The largest absolute Gasteiger partial charge is 0.494 e. The molecular weight excluding hydrogens is 381 g/mol. The maximum absolute atomic E-state index is 13.0. The van der Waals surface area contributed by atoms with Gasteiger partial charge in [-0.2, -0.15) is 0 Å². The number of hydrogen-bond acceptors (Lipinski definition) is 4. The summed E-state index contributed by atoms with van der Waals surface area (Å²) in [4.78, 5) is 12.8. The van der Waals surface area contributed by atoms with E-state index in [1.807, 2.05) is 31.2 Å². The van der Waals surface area contributed by atoms with Gasteiger partial charge in [-0.25, -0.2) is 4.39 Å². The van der Waals surface area contributed by atoms with Crippen LogP contribution in [0.1, 0.15) is 28.8 Å². The quantitative estimate of drug-likeness (QED) is 0.618. The molecule has 0 bridgehead atoms. The lowest BCUT2D eigenvalue weighted by Gasteiger charge is -2.10. The summed E-state index contributed by atoms with van der Waals surface area (Å²) in [6.07, 6.45) is 0. The van der Waals surface area contributed by atoms with Gasteiger partial charge in [-0.1, -0.05) is 18.2 Å². The lowest BCUT2D eigenvalue weighted by atomic mass is 10.2. The number of halogens is 1. The summed E-state index contributed by atoms with van der Waals surface area (Å²) in [5, 5.41) is 2.79. The van der Waals surface area contributed by atoms with Gasteiger partial charge < -0.3 is 14.5 Å². The number of para-hydroxylation sites is 1. The van der Waals surface area contributed by atoms with Gasteiger partial charge in [0.15, 0.2) is 5.76 Å². The number of ether oxygens (including phenoxy) is 1. The van der Waals surface area contributed by atoms with Crippen molar-refractivity contribution in [3.63, 3.8) is 0 Å². The highest BCUT2D eigenvalue weighted by Crippen LogP contribution is 2.19. The number of benzene rings is 2. The smallest absolute Gasteiger partial charge is 0.287 e. The average molecular weight is 401 g/mol. The minimum absolute atomic E-state index is 0.103. The molecule has 7 heteroatoms. The molecule has 1 atom stereocenters. The number of carbonyl (C=O) groups excluding carboxylic acids is 1. The molecule has 3 aromatic rings. The molecule has 0 radical (unpaired) electrons. The van der Waals surface area contributed by atoms with Gasteiger partial charge in [0.05, 0.1) is 23.2 Å². The van der Waals surface area contributed by atoms with Crippen LogP contribution in [0.3, 0.4) is 0 Å². The molecule has 0 aliphatic rings. The third kappa shape index (κ3) is 5.07. The van der Waals surface area contributed by atoms with Gasteiger partial charge in [-0.05, 0) is 49.4 Å². The van der Waals surface area contributed by atoms with E-state index in [-0.39, 0.29) is 23.2 Å². The van der Waals surface area contributed by atoms with Gasteiger partial charge in [0.1, 0.15) is 17.3 Å². The predicted octanol–water partition coefficient (Wildman–Crippen LogP) is 4.06. The number of rotatable bonds is 8. The monoisotopic (exact) mass is 401 g/mol. The van der Waals surface area contributed by atoms with Crippen molar-refractivity contribution in [2.24, 2.45) is 0 Å². The molecule has 0 spiro atoms. The first-order valence-corrected chi connectivity index (χ1v) is 10.1. The maximum atomic E-state index is 13.0. The lowest BCUT2D eigenvalue weighted by molar-refractivity contribution is 0.0921. The molecule has 146 valence electrons. The zero-order chi connectivity index (χ0) is 19.9. The van der Waals surface area contributed by atoms with Crippen LogP contribution in [-0.2, 0) is 23.1 Å². The Labute approximate surface area is 165 Å². The zero-order valence-electron chi connectivity index (χ0n) is 15.3. The van der Waals surface area contributed by atoms with Crippen molar-refractivity contribution in [3.8, 4) is 5.75 Å². The van der Waals surface area contributed by atoms with Crippen LogP contribution < -0.4 is 10.1 Å². The van der Waals surface area contributed by atoms with E-state index < -0.39 is 10.8 Å². The maximum Gasteiger partial charge on any atom is 0.287 e. The van der Waals surface area contributed by atoms with Gasteiger partial charge in [0.25, 0.3) is 5.91 Å². The Morgan fingerprint density at radius 2 is 1.86 bits per heavy atom. The fourth-order valence-electron chi connectivity index (χ4n) is 2.59. The van der Waals surface area contributed by atoms with Gasteiger partial charge in [-0.15, -0.1) is 0 Å². The molecular formula is C21H20FNO4S. The van der Waals surface area contributed by atoms with Gasteiger partial charge >= 0.3 is 0 Å². The summed E-state index contributed by atoms with van der Waals surface area (Å²) < 4.78 is 36.3. The minimum atomic E-state index is -1.39. The van der Waals surface area contributed by atoms with Crippen molar-refractivity contribution in [1.82, 2.24) is 5.32 Å². The first-order valence-electron chi connectivity index (χ1n) is 8.78. The molecule has 0 saturated carbocycles. The zero-order valence-corrected chi connectivity index (χ0v) is 16.1. The summed E-state index contributed by atoms with van der Waals surface area (Å²) >= 11 is 0. The van der Waals surface area contributed by atoms with Crippen molar-refractivity contribution < 1.29 is 22.5 Å². The first-order chi connectivity index (χ1) is 13.6. The first kappa shape index (κ1) is 19.8. The Balaban J connectivity index is 1.59. The lowest BCUT2D eigenvalue weighted by Crippen LogP contribution is -2.22. The molecule has 0 unspecified atom stereocenters. The van der Waals surface area contributed by atoms with Crippen LogP contribution >= 0.6 is 0 Å². The Bertz CT molecular complexity index is 969. The summed E-state index contributed by atoms with van der Waals surface area (Å²) in [7, 11) is -1.39. The van der Waals surface area contributed by atoms with Crippen LogP contribution in [0.2, 0.25) is 0 Å². The molecule has 28 heavy (non-hydrogen) atoms. The summed E-state index contributed by atoms with van der Waals surface area (Å²) in [6.45, 7) is 2.74. The number of amides is 1. The van der Waals surface area contributed by atoms with Crippen LogP contribution in [-0.4, -0.2) is 16.7 Å². The Kier molecular flexibility index (Phi) is 6.60. The van der Waals surface area contributed by atoms with Crippen molar-refractivity contribution in [2.75, 3.05) is 6.61 Å². The van der Waals surface area contributed by atoms with Crippen molar-refractivity contribution >= 4 is 16.7 Å². The fraction of sp³-hybridized carbons (Fsp3) is 0.190. The molecule has 1 heterocycles. The van der Waals surface area contributed by atoms with Gasteiger partial charge in [0.2, 0.25) is 0 Å². The van der Waals surface area contributed by atoms with Crippen LogP contribution in [0.25, 0.3) is 0 Å². The van der Waals surface area contributed by atoms with E-state index in [2.05, 4.69) is 5.32 Å². The predicted molar refractivity (Wildman–Crippen MR) is 104 cm³/mol. The Morgan fingerprint density at radius 1 is 1.11 bits per heavy atom. The fourth-order valence-corrected chi connectivity index (χ4v) is 3.61. The Hall–Kier alpha value is -2.93. The van der Waals surface area contributed by atoms with Crippen LogP contribution in [0.15, 0.2) is 70.0 Å². The van der Waals surface area contributed by atoms with Crippen LogP contribution in [0.4, 0.5) is 4.39 Å². The molecule has 0 aliphatic carbocycles. The number of hydrogen-bond donors (Lipinski definition) is 1. The summed E-state index contributed by atoms with van der Waals surface area (Å²) in [5.74, 6) is 0.628. The topological polar surface area (TPSA) is 68.5 Å². The van der Waals surface area contributed by atoms with E-state index in [0.29, 0.717) is 23.8 Å². The van der Waals surface area contributed by atoms with Gasteiger partial charge in [0, 0.05) is 17.0 Å². The second-order valence-electron chi connectivity index (χ2n) is 5.93. The van der Waals surface area contributed by atoms with E-state index in [4.69, 9.17) is 9.15 Å². The molecule has 3 rings (SSSR count). The average Bonchev–Trinajstić information content (AvgIpc) is 3.16. The van der Waals surface area contributed by atoms with E-state index in [0.717, 1.165) is 11.3 Å². The highest BCUT2D eigenvalue weighted by Gasteiger charge is 2.14. The van der Waals surface area contributed by atoms with Crippen molar-refractivity contribution in [1.29, 1.82) is 0 Å².